The molecule has 2 aliphatic rings. The van der Waals surface area contributed by atoms with Crippen LogP contribution in [0.2, 0.25) is 0 Å². The molecule has 0 radical (unpaired) electrons. The third-order valence-corrected chi connectivity index (χ3v) is 6.75. The lowest BCUT2D eigenvalue weighted by Gasteiger charge is -2.40. The summed E-state index contributed by atoms with van der Waals surface area (Å²) in [6, 6.07) is 0. The zero-order valence-corrected chi connectivity index (χ0v) is 24.3. The van der Waals surface area contributed by atoms with Gasteiger partial charge in [-0.05, 0) is 95.9 Å². The van der Waals surface area contributed by atoms with Crippen molar-refractivity contribution in [2.24, 2.45) is 23.2 Å². The molecule has 0 saturated heterocycles. The van der Waals surface area contributed by atoms with Crippen molar-refractivity contribution in [1.29, 1.82) is 0 Å². The van der Waals surface area contributed by atoms with Gasteiger partial charge in [0.05, 0.1) is 24.4 Å². The van der Waals surface area contributed by atoms with Gasteiger partial charge < -0.3 is 30.6 Å². The Balaban J connectivity index is 0. The van der Waals surface area contributed by atoms with Crippen LogP contribution in [-0.4, -0.2) is 84.0 Å². The lowest BCUT2D eigenvalue weighted by Crippen LogP contribution is -2.42. The molecule has 0 amide bonds. The van der Waals surface area contributed by atoms with E-state index in [2.05, 4.69) is 58.9 Å². The minimum atomic E-state index is -0.520. The van der Waals surface area contributed by atoms with Crippen LogP contribution in [0, 0.1) is 23.2 Å². The third kappa shape index (κ3) is 18.1. The lowest BCUT2D eigenvalue weighted by atomic mass is 9.70. The lowest BCUT2D eigenvalue weighted by molar-refractivity contribution is -0.0755. The first-order valence-electron chi connectivity index (χ1n) is 13.7. The smallest absolute Gasteiger partial charge is 0.0824 e. The maximum absolute atomic E-state index is 9.43. The van der Waals surface area contributed by atoms with Gasteiger partial charge in [0.1, 0.15) is 0 Å². The Morgan fingerprint density at radius 3 is 1.68 bits per heavy atom. The minimum Gasteiger partial charge on any atom is -0.390 e. The van der Waals surface area contributed by atoms with Crippen molar-refractivity contribution in [2.75, 3.05) is 34.2 Å². The van der Waals surface area contributed by atoms with Gasteiger partial charge in [0.25, 0.3) is 0 Å². The molecule has 0 heterocycles. The van der Waals surface area contributed by atoms with Crippen molar-refractivity contribution in [3.05, 3.63) is 0 Å². The van der Waals surface area contributed by atoms with E-state index in [1.165, 1.54) is 32.2 Å². The van der Waals surface area contributed by atoms with Crippen molar-refractivity contribution >= 4 is 0 Å². The van der Waals surface area contributed by atoms with Crippen LogP contribution in [0.1, 0.15) is 99.8 Å². The largest absolute Gasteiger partial charge is 0.390 e. The number of hydrogen-bond donors (Lipinski definition) is 5. The van der Waals surface area contributed by atoms with Gasteiger partial charge in [-0.25, -0.2) is 0 Å². The predicted molar refractivity (Wildman–Crippen MR) is 146 cm³/mol. The van der Waals surface area contributed by atoms with Crippen LogP contribution in [0.3, 0.4) is 0 Å². The molecule has 0 aromatic rings. The monoisotopic (exact) mass is 490 g/mol. The van der Waals surface area contributed by atoms with Gasteiger partial charge >= 0.3 is 0 Å². The molecule has 2 saturated carbocycles. The van der Waals surface area contributed by atoms with E-state index >= 15 is 0 Å². The molecule has 0 aliphatic heterocycles. The molecule has 0 aromatic heterocycles. The zero-order chi connectivity index (χ0) is 26.9. The number of rotatable bonds is 6. The highest BCUT2D eigenvalue weighted by molar-refractivity contribution is 4.88. The summed E-state index contributed by atoms with van der Waals surface area (Å²) in [5.41, 5.74) is 0.193. The summed E-state index contributed by atoms with van der Waals surface area (Å²) < 4.78 is 0. The fraction of sp³-hybridized carbons (Fsp3) is 1.00. The minimum absolute atomic E-state index is 0.193. The molecule has 208 valence electrons. The van der Waals surface area contributed by atoms with Crippen LogP contribution < -0.4 is 5.32 Å². The topological polar surface area (TPSA) is 96.2 Å². The fourth-order valence-electron chi connectivity index (χ4n) is 4.77. The Bertz CT molecular complexity index is 432. The quantitative estimate of drug-likeness (QED) is 0.356. The van der Waals surface area contributed by atoms with Crippen LogP contribution in [0.5, 0.6) is 0 Å². The van der Waals surface area contributed by atoms with E-state index in [0.717, 1.165) is 32.2 Å². The maximum atomic E-state index is 9.43. The Kier molecular flexibility index (Phi) is 21.0. The average Bonchev–Trinajstić information content (AvgIpc) is 2.73. The third-order valence-electron chi connectivity index (χ3n) is 6.75. The molecule has 5 N–H and O–H groups in total. The summed E-state index contributed by atoms with van der Waals surface area (Å²) in [6.07, 6.45) is 6.74. The Labute approximate surface area is 212 Å². The van der Waals surface area contributed by atoms with E-state index in [4.69, 9.17) is 0 Å². The highest BCUT2D eigenvalue weighted by Crippen LogP contribution is 2.38. The fourth-order valence-corrected chi connectivity index (χ4v) is 4.77. The first kappa shape index (κ1) is 35.9. The Morgan fingerprint density at radius 1 is 0.794 bits per heavy atom. The summed E-state index contributed by atoms with van der Waals surface area (Å²) in [5.74, 6) is 1.06. The van der Waals surface area contributed by atoms with Gasteiger partial charge in [0.15, 0.2) is 0 Å². The second-order valence-electron chi connectivity index (χ2n) is 11.8. The predicted octanol–water partition coefficient (Wildman–Crippen LogP) is 4.29. The van der Waals surface area contributed by atoms with E-state index in [9.17, 15) is 20.4 Å². The van der Waals surface area contributed by atoms with E-state index in [0.29, 0.717) is 5.92 Å². The van der Waals surface area contributed by atoms with E-state index < -0.39 is 24.4 Å². The molecule has 7 atom stereocenters. The standard InChI is InChI=1S/C9H18O2.C8H16O2.C6H15N.C5H13N/c1-6-4-9(2,3)5-7(10)8(6)11;1-5-3-6(2)8(10)7(9)4-5;1-4-5-6-7(2)3;1-3-4-5-6-2/h6-8,10-11H,4-5H2,1-3H3;5-10H,3-4H2,1-2H3;4-6H2,1-3H3;6H,3-5H2,1-2H3. The van der Waals surface area contributed by atoms with Gasteiger partial charge in [-0.2, -0.15) is 0 Å². The van der Waals surface area contributed by atoms with Crippen molar-refractivity contribution in [1.82, 2.24) is 10.2 Å². The van der Waals surface area contributed by atoms with Crippen molar-refractivity contribution in [3.63, 3.8) is 0 Å². The number of aliphatic hydroxyl groups excluding tert-OH is 4. The van der Waals surface area contributed by atoms with Gasteiger partial charge in [0.2, 0.25) is 0 Å². The van der Waals surface area contributed by atoms with Crippen LogP contribution in [0.4, 0.5) is 0 Å². The van der Waals surface area contributed by atoms with Crippen molar-refractivity contribution < 1.29 is 20.4 Å². The highest BCUT2D eigenvalue weighted by atomic mass is 16.3. The first-order valence-corrected chi connectivity index (χ1v) is 13.7. The van der Waals surface area contributed by atoms with Crippen LogP contribution in [0.25, 0.3) is 0 Å². The van der Waals surface area contributed by atoms with Gasteiger partial charge in [-0.15, -0.1) is 0 Å². The number of unbranched alkanes of at least 4 members (excludes halogenated alkanes) is 2. The second-order valence-corrected chi connectivity index (χ2v) is 11.8. The van der Waals surface area contributed by atoms with Gasteiger partial charge in [0, 0.05) is 0 Å². The number of hydrogen-bond acceptors (Lipinski definition) is 6. The van der Waals surface area contributed by atoms with Gasteiger partial charge in [-0.3, -0.25) is 0 Å². The molecule has 0 bridgehead atoms. The molecule has 2 rings (SSSR count). The van der Waals surface area contributed by atoms with E-state index in [1.54, 1.807) is 0 Å². The Morgan fingerprint density at radius 2 is 1.32 bits per heavy atom. The second kappa shape index (κ2) is 19.9. The molecule has 0 spiro atoms. The number of aliphatic hydroxyl groups is 4. The first-order chi connectivity index (χ1) is 15.7. The summed E-state index contributed by atoms with van der Waals surface area (Å²) in [7, 11) is 6.20. The van der Waals surface area contributed by atoms with Crippen LogP contribution in [0.15, 0.2) is 0 Å². The van der Waals surface area contributed by atoms with Crippen molar-refractivity contribution in [2.45, 2.75) is 124 Å². The van der Waals surface area contributed by atoms with Crippen molar-refractivity contribution in [3.8, 4) is 0 Å². The molecular formula is C28H62N2O4. The summed E-state index contributed by atoms with van der Waals surface area (Å²) >= 11 is 0. The normalized spacial score (nSPS) is 32.4. The Hall–Kier alpha value is -0.240. The van der Waals surface area contributed by atoms with Crippen LogP contribution in [-0.2, 0) is 0 Å². The average molecular weight is 491 g/mol. The van der Waals surface area contributed by atoms with Crippen LogP contribution >= 0.6 is 0 Å². The van der Waals surface area contributed by atoms with E-state index in [1.807, 2.05) is 20.9 Å². The summed E-state index contributed by atoms with van der Waals surface area (Å²) in [6.45, 7) is 17.2. The molecular weight excluding hydrogens is 428 g/mol. The maximum Gasteiger partial charge on any atom is 0.0824 e. The molecule has 34 heavy (non-hydrogen) atoms. The van der Waals surface area contributed by atoms with Gasteiger partial charge in [-0.1, -0.05) is 61.3 Å². The molecule has 2 fully saturated rings. The van der Waals surface area contributed by atoms with E-state index in [-0.39, 0.29) is 17.3 Å². The SMILES string of the molecule is CC1CC(C)(C)CC(O)C1O.CC1CC(C)C(O)C(O)C1.CCCCN(C)C.CCCCNC. The highest BCUT2D eigenvalue weighted by Gasteiger charge is 2.37. The zero-order valence-electron chi connectivity index (χ0n) is 24.3. The molecule has 2 aliphatic carbocycles. The molecule has 0 aromatic carbocycles. The summed E-state index contributed by atoms with van der Waals surface area (Å²) in [5, 5.41) is 40.5. The number of nitrogens with one attached hydrogen (secondary N) is 1. The molecule has 6 heteroatoms. The summed E-state index contributed by atoms with van der Waals surface area (Å²) in [4.78, 5) is 2.21. The number of nitrogens with zero attached hydrogens (tertiary/aromatic N) is 1. The molecule has 7 unspecified atom stereocenters. The molecule has 6 nitrogen and oxygen atoms in total.